The number of sulfonamides is 1. The van der Waals surface area contributed by atoms with Gasteiger partial charge in [-0.05, 0) is 35.4 Å². The number of amides is 1. The van der Waals surface area contributed by atoms with Crippen LogP contribution in [0, 0.1) is 0 Å². The molecular weight excluding hydrogens is 316 g/mol. The van der Waals surface area contributed by atoms with Gasteiger partial charge < -0.3 is 10.1 Å². The van der Waals surface area contributed by atoms with Crippen LogP contribution in [0.25, 0.3) is 0 Å². The zero-order valence-corrected chi connectivity index (χ0v) is 13.3. The van der Waals surface area contributed by atoms with Gasteiger partial charge in [0.25, 0.3) is 5.91 Å². The molecule has 120 valence electrons. The van der Waals surface area contributed by atoms with Crippen molar-refractivity contribution in [2.24, 2.45) is 0 Å². The molecule has 2 aromatic rings. The smallest absolute Gasteiger partial charge is 0.251 e. The van der Waals surface area contributed by atoms with E-state index in [4.69, 9.17) is 4.74 Å². The number of rotatable bonds is 5. The van der Waals surface area contributed by atoms with Gasteiger partial charge in [0.1, 0.15) is 5.75 Å². The summed E-state index contributed by atoms with van der Waals surface area (Å²) < 4.78 is 32.4. The van der Waals surface area contributed by atoms with Crippen LogP contribution in [-0.4, -0.2) is 21.4 Å². The first-order valence-corrected chi connectivity index (χ1v) is 8.51. The summed E-state index contributed by atoms with van der Waals surface area (Å²) >= 11 is 0. The van der Waals surface area contributed by atoms with Crippen LogP contribution in [0.2, 0.25) is 0 Å². The molecule has 23 heavy (non-hydrogen) atoms. The highest BCUT2D eigenvalue weighted by molar-refractivity contribution is 7.89. The largest absolute Gasteiger partial charge is 0.497 e. The van der Waals surface area contributed by atoms with Crippen LogP contribution < -0.4 is 14.8 Å². The van der Waals surface area contributed by atoms with Gasteiger partial charge in [-0.3, -0.25) is 4.79 Å². The first-order valence-electron chi connectivity index (χ1n) is 7.03. The van der Waals surface area contributed by atoms with Gasteiger partial charge in [-0.2, -0.15) is 0 Å². The highest BCUT2D eigenvalue weighted by Gasteiger charge is 2.22. The molecule has 0 atom stereocenters. The number of carbonyl (C=O) groups excluding carboxylic acids is 1. The highest BCUT2D eigenvalue weighted by Crippen LogP contribution is 2.20. The normalized spacial score (nSPS) is 13.5. The van der Waals surface area contributed by atoms with Crippen LogP contribution >= 0.6 is 0 Å². The summed E-state index contributed by atoms with van der Waals surface area (Å²) in [4.78, 5) is 11.7. The number of benzene rings is 2. The third-order valence-corrected chi connectivity index (χ3v) is 5.08. The van der Waals surface area contributed by atoms with Crippen molar-refractivity contribution in [2.75, 3.05) is 7.11 Å². The summed E-state index contributed by atoms with van der Waals surface area (Å²) in [5.74, 6) is 0.417. The van der Waals surface area contributed by atoms with Crippen LogP contribution in [0.3, 0.4) is 0 Å². The number of carbonyl (C=O) groups is 1. The monoisotopic (exact) mass is 332 g/mol. The molecule has 0 saturated carbocycles. The van der Waals surface area contributed by atoms with E-state index in [0.717, 1.165) is 11.1 Å². The molecule has 1 heterocycles. The van der Waals surface area contributed by atoms with E-state index in [0.29, 0.717) is 17.9 Å². The van der Waals surface area contributed by atoms with Crippen molar-refractivity contribution in [3.8, 4) is 5.75 Å². The average Bonchev–Trinajstić information content (AvgIpc) is 2.94. The van der Waals surface area contributed by atoms with Crippen molar-refractivity contribution < 1.29 is 17.9 Å². The second-order valence-electron chi connectivity index (χ2n) is 5.18. The summed E-state index contributed by atoms with van der Waals surface area (Å²) in [5.41, 5.74) is 2.00. The Kier molecular flexibility index (Phi) is 4.06. The summed E-state index contributed by atoms with van der Waals surface area (Å²) in [7, 11) is -2.14. The maximum absolute atomic E-state index is 12.4. The van der Waals surface area contributed by atoms with E-state index in [1.165, 1.54) is 12.1 Å². The van der Waals surface area contributed by atoms with Gasteiger partial charge in [-0.1, -0.05) is 18.2 Å². The Labute approximate surface area is 134 Å². The summed E-state index contributed by atoms with van der Waals surface area (Å²) in [5, 5.41) is 2.67. The fourth-order valence-electron chi connectivity index (χ4n) is 2.40. The second-order valence-corrected chi connectivity index (χ2v) is 6.94. The minimum atomic E-state index is -3.69. The SMILES string of the molecule is COc1cccc(CNS(=O)(=O)c2ccc3c(c2)C(=O)NC3)c1. The first kappa shape index (κ1) is 15.5. The minimum Gasteiger partial charge on any atom is -0.497 e. The number of fused-ring (bicyclic) bond motifs is 1. The number of methoxy groups -OCH3 is 1. The lowest BCUT2D eigenvalue weighted by molar-refractivity contribution is 0.0965. The molecule has 2 N–H and O–H groups in total. The van der Waals surface area contributed by atoms with E-state index in [9.17, 15) is 13.2 Å². The number of ether oxygens (including phenoxy) is 1. The van der Waals surface area contributed by atoms with Crippen LogP contribution in [0.5, 0.6) is 5.75 Å². The lowest BCUT2D eigenvalue weighted by Crippen LogP contribution is -2.23. The average molecular weight is 332 g/mol. The van der Waals surface area contributed by atoms with Crippen molar-refractivity contribution in [1.29, 1.82) is 0 Å². The summed E-state index contributed by atoms with van der Waals surface area (Å²) in [6.07, 6.45) is 0. The molecular formula is C16H16N2O4S. The quantitative estimate of drug-likeness (QED) is 0.867. The van der Waals surface area contributed by atoms with Gasteiger partial charge in [-0.25, -0.2) is 13.1 Å². The molecule has 7 heteroatoms. The molecule has 0 aromatic heterocycles. The van der Waals surface area contributed by atoms with E-state index >= 15 is 0 Å². The van der Waals surface area contributed by atoms with E-state index < -0.39 is 10.0 Å². The number of hydrogen-bond acceptors (Lipinski definition) is 4. The molecule has 0 spiro atoms. The topological polar surface area (TPSA) is 84.5 Å². The van der Waals surface area contributed by atoms with Crippen molar-refractivity contribution in [3.63, 3.8) is 0 Å². The van der Waals surface area contributed by atoms with Crippen molar-refractivity contribution in [3.05, 3.63) is 59.2 Å². The van der Waals surface area contributed by atoms with Gasteiger partial charge in [0, 0.05) is 18.7 Å². The van der Waals surface area contributed by atoms with E-state index in [1.54, 1.807) is 37.4 Å². The number of hydrogen-bond donors (Lipinski definition) is 2. The van der Waals surface area contributed by atoms with Crippen molar-refractivity contribution in [1.82, 2.24) is 10.0 Å². The van der Waals surface area contributed by atoms with Crippen LogP contribution in [0.1, 0.15) is 21.5 Å². The van der Waals surface area contributed by atoms with Crippen LogP contribution in [0.4, 0.5) is 0 Å². The maximum Gasteiger partial charge on any atom is 0.251 e. The van der Waals surface area contributed by atoms with Crippen LogP contribution in [0.15, 0.2) is 47.4 Å². The second kappa shape index (κ2) is 6.02. The van der Waals surface area contributed by atoms with Crippen molar-refractivity contribution >= 4 is 15.9 Å². The zero-order chi connectivity index (χ0) is 16.4. The molecule has 0 aliphatic carbocycles. The molecule has 0 unspecified atom stereocenters. The van der Waals surface area contributed by atoms with Gasteiger partial charge in [0.2, 0.25) is 10.0 Å². The maximum atomic E-state index is 12.4. The van der Waals surface area contributed by atoms with Gasteiger partial charge in [0.15, 0.2) is 0 Å². The Morgan fingerprint density at radius 2 is 2.04 bits per heavy atom. The van der Waals surface area contributed by atoms with E-state index in [-0.39, 0.29) is 17.3 Å². The minimum absolute atomic E-state index is 0.0798. The highest BCUT2D eigenvalue weighted by atomic mass is 32.2. The van der Waals surface area contributed by atoms with Gasteiger partial charge >= 0.3 is 0 Å². The third kappa shape index (κ3) is 3.20. The molecule has 0 bridgehead atoms. The first-order chi connectivity index (χ1) is 11.0. The summed E-state index contributed by atoms with van der Waals surface area (Å²) in [6.45, 7) is 0.578. The Bertz CT molecular complexity index is 862. The van der Waals surface area contributed by atoms with Gasteiger partial charge in [-0.15, -0.1) is 0 Å². The molecule has 6 nitrogen and oxygen atoms in total. The van der Waals surface area contributed by atoms with Gasteiger partial charge in [0.05, 0.1) is 12.0 Å². The van der Waals surface area contributed by atoms with E-state index in [2.05, 4.69) is 10.0 Å². The fraction of sp³-hybridized carbons (Fsp3) is 0.188. The Morgan fingerprint density at radius 1 is 1.22 bits per heavy atom. The molecule has 1 amide bonds. The molecule has 0 fully saturated rings. The zero-order valence-electron chi connectivity index (χ0n) is 12.5. The molecule has 1 aliphatic rings. The predicted molar refractivity (Wildman–Crippen MR) is 84.6 cm³/mol. The lowest BCUT2D eigenvalue weighted by atomic mass is 10.1. The third-order valence-electron chi connectivity index (χ3n) is 3.68. The molecule has 3 rings (SSSR count). The molecule has 1 aliphatic heterocycles. The Hall–Kier alpha value is -2.38. The molecule has 2 aromatic carbocycles. The standard InChI is InChI=1S/C16H16N2O4S/c1-22-13-4-2-3-11(7-13)9-18-23(20,21)14-6-5-12-10-17-16(19)15(12)8-14/h2-8,18H,9-10H2,1H3,(H,17,19). The lowest BCUT2D eigenvalue weighted by Gasteiger charge is -2.09. The van der Waals surface area contributed by atoms with Crippen molar-refractivity contribution in [2.45, 2.75) is 18.0 Å². The molecule has 0 radical (unpaired) electrons. The fourth-order valence-corrected chi connectivity index (χ4v) is 3.45. The van der Waals surface area contributed by atoms with Crippen LogP contribution in [-0.2, 0) is 23.1 Å². The Balaban J connectivity index is 1.79. The predicted octanol–water partition coefficient (Wildman–Crippen LogP) is 1.42. The molecule has 0 saturated heterocycles. The number of nitrogens with one attached hydrogen (secondary N) is 2. The van der Waals surface area contributed by atoms with E-state index in [1.807, 2.05) is 0 Å². The summed E-state index contributed by atoms with van der Waals surface area (Å²) in [6, 6.07) is 11.7. The Morgan fingerprint density at radius 3 is 2.83 bits per heavy atom.